The second-order valence-electron chi connectivity index (χ2n) is 11.7. The van der Waals surface area contributed by atoms with Gasteiger partial charge in [0.2, 0.25) is 0 Å². The van der Waals surface area contributed by atoms with E-state index < -0.39 is 0 Å². The topological polar surface area (TPSA) is 38.7 Å². The minimum atomic E-state index is 0.933. The molecule has 3 aromatic heterocycles. The predicted octanol–water partition coefficient (Wildman–Crippen LogP) is 11.2. The molecule has 3 heterocycles. The summed E-state index contributed by atoms with van der Waals surface area (Å²) in [6.07, 6.45) is 3.67. The molecule has 0 fully saturated rings. The molecule has 0 aliphatic heterocycles. The van der Waals surface area contributed by atoms with Crippen LogP contribution in [-0.4, -0.2) is 15.0 Å². The molecule has 214 valence electrons. The molecular formula is C43H27N3. The highest BCUT2D eigenvalue weighted by Gasteiger charge is 2.14. The average Bonchev–Trinajstić information content (AvgIpc) is 3.14. The van der Waals surface area contributed by atoms with E-state index in [-0.39, 0.29) is 0 Å². The Morgan fingerprint density at radius 3 is 1.76 bits per heavy atom. The maximum absolute atomic E-state index is 5.11. The first-order chi connectivity index (χ1) is 22.8. The van der Waals surface area contributed by atoms with E-state index in [9.17, 15) is 0 Å². The molecule has 0 aliphatic carbocycles. The van der Waals surface area contributed by atoms with Gasteiger partial charge in [-0.05, 0) is 74.5 Å². The Kier molecular flexibility index (Phi) is 6.14. The maximum Gasteiger partial charge on any atom is 0.0970 e. The van der Waals surface area contributed by atoms with Crippen LogP contribution in [0, 0.1) is 0 Å². The summed E-state index contributed by atoms with van der Waals surface area (Å²) in [7, 11) is 0. The zero-order valence-corrected chi connectivity index (χ0v) is 24.9. The smallest absolute Gasteiger partial charge is 0.0970 e. The third kappa shape index (κ3) is 4.41. The van der Waals surface area contributed by atoms with E-state index in [0.29, 0.717) is 0 Å². The first kappa shape index (κ1) is 26.2. The normalized spacial score (nSPS) is 11.5. The van der Waals surface area contributed by atoms with Crippen molar-refractivity contribution >= 4 is 43.5 Å². The third-order valence-electron chi connectivity index (χ3n) is 8.95. The molecule has 0 amide bonds. The molecular weight excluding hydrogens is 558 g/mol. The van der Waals surface area contributed by atoms with Crippen LogP contribution in [0.3, 0.4) is 0 Å². The molecule has 3 heteroatoms. The van der Waals surface area contributed by atoms with E-state index in [0.717, 1.165) is 49.7 Å². The van der Waals surface area contributed by atoms with Gasteiger partial charge in [0.1, 0.15) is 0 Å². The SMILES string of the molecule is c1ccc(-c2cc(-c3ccc(-c4ccc(-c5cc6cccnc6c6ncccc56)cc4)cc3)c3c(ccc4ccccc43)n2)cc1. The number of rotatable bonds is 4. The van der Waals surface area contributed by atoms with Crippen molar-refractivity contribution < 1.29 is 0 Å². The van der Waals surface area contributed by atoms with Crippen molar-refractivity contribution in [2.75, 3.05) is 0 Å². The van der Waals surface area contributed by atoms with Crippen LogP contribution in [0.25, 0.3) is 88.1 Å². The monoisotopic (exact) mass is 585 g/mol. The minimum absolute atomic E-state index is 0.933. The lowest BCUT2D eigenvalue weighted by Crippen LogP contribution is -1.91. The van der Waals surface area contributed by atoms with E-state index in [4.69, 9.17) is 4.98 Å². The summed E-state index contributed by atoms with van der Waals surface area (Å²) < 4.78 is 0. The van der Waals surface area contributed by atoms with Crippen molar-refractivity contribution in [2.45, 2.75) is 0 Å². The van der Waals surface area contributed by atoms with Gasteiger partial charge in [-0.15, -0.1) is 0 Å². The van der Waals surface area contributed by atoms with Gasteiger partial charge in [-0.25, -0.2) is 4.98 Å². The Morgan fingerprint density at radius 1 is 0.370 bits per heavy atom. The van der Waals surface area contributed by atoms with E-state index >= 15 is 0 Å². The number of fused-ring (bicyclic) bond motifs is 6. The molecule has 9 rings (SSSR count). The van der Waals surface area contributed by atoms with Gasteiger partial charge in [-0.3, -0.25) is 9.97 Å². The fourth-order valence-electron chi connectivity index (χ4n) is 6.69. The Hall–Kier alpha value is -6.19. The summed E-state index contributed by atoms with van der Waals surface area (Å²) in [5, 5.41) is 5.82. The van der Waals surface area contributed by atoms with Crippen LogP contribution in [0.15, 0.2) is 164 Å². The van der Waals surface area contributed by atoms with Crippen molar-refractivity contribution in [3.05, 3.63) is 164 Å². The standard InChI is InChI=1S/C43H27N3/c1-2-9-33(10-3-1)40-27-38(41-35-12-5-4-8-30(35)22-23-39(41)46-40)32-20-16-29(17-21-32)28-14-18-31(19-15-28)37-26-34-11-6-24-44-42(34)43-36(37)13-7-25-45-43/h1-27H. The highest BCUT2D eigenvalue weighted by Crippen LogP contribution is 2.38. The number of pyridine rings is 3. The van der Waals surface area contributed by atoms with Crippen LogP contribution in [0.5, 0.6) is 0 Å². The van der Waals surface area contributed by atoms with Gasteiger partial charge in [0, 0.05) is 34.1 Å². The average molecular weight is 586 g/mol. The molecule has 9 aromatic rings. The summed E-state index contributed by atoms with van der Waals surface area (Å²) in [4.78, 5) is 14.4. The van der Waals surface area contributed by atoms with Crippen LogP contribution < -0.4 is 0 Å². The molecule has 0 unspecified atom stereocenters. The van der Waals surface area contributed by atoms with Gasteiger partial charge >= 0.3 is 0 Å². The molecule has 46 heavy (non-hydrogen) atoms. The molecule has 0 aliphatic rings. The van der Waals surface area contributed by atoms with Crippen LogP contribution in [0.1, 0.15) is 0 Å². The number of benzene rings is 6. The summed E-state index contributed by atoms with van der Waals surface area (Å²) in [6.45, 7) is 0. The molecule has 0 spiro atoms. The first-order valence-electron chi connectivity index (χ1n) is 15.5. The van der Waals surface area contributed by atoms with Crippen LogP contribution in [0.2, 0.25) is 0 Å². The maximum atomic E-state index is 5.11. The second-order valence-corrected chi connectivity index (χ2v) is 11.7. The van der Waals surface area contributed by atoms with Gasteiger partial charge < -0.3 is 0 Å². The molecule has 0 radical (unpaired) electrons. The quantitative estimate of drug-likeness (QED) is 0.193. The van der Waals surface area contributed by atoms with Gasteiger partial charge in [-0.2, -0.15) is 0 Å². The van der Waals surface area contributed by atoms with Crippen LogP contribution in [0.4, 0.5) is 0 Å². The van der Waals surface area contributed by atoms with Crippen molar-refractivity contribution in [1.82, 2.24) is 15.0 Å². The Labute approximate surface area is 266 Å². The molecule has 0 saturated heterocycles. The van der Waals surface area contributed by atoms with Crippen molar-refractivity contribution in [3.8, 4) is 44.6 Å². The van der Waals surface area contributed by atoms with E-state index in [1.54, 1.807) is 0 Å². The summed E-state index contributed by atoms with van der Waals surface area (Å²) in [5.74, 6) is 0. The van der Waals surface area contributed by atoms with E-state index in [2.05, 4.69) is 143 Å². The lowest BCUT2D eigenvalue weighted by Gasteiger charge is -2.14. The number of aromatic nitrogens is 3. The van der Waals surface area contributed by atoms with Crippen LogP contribution in [-0.2, 0) is 0 Å². The number of hydrogen-bond acceptors (Lipinski definition) is 3. The predicted molar refractivity (Wildman–Crippen MR) is 192 cm³/mol. The molecule has 6 aromatic carbocycles. The minimum Gasteiger partial charge on any atom is -0.254 e. The highest BCUT2D eigenvalue weighted by molar-refractivity contribution is 6.14. The summed E-state index contributed by atoms with van der Waals surface area (Å²) in [5.41, 5.74) is 12.0. The molecule has 3 nitrogen and oxygen atoms in total. The Balaban J connectivity index is 1.12. The van der Waals surface area contributed by atoms with E-state index in [1.165, 1.54) is 38.4 Å². The summed E-state index contributed by atoms with van der Waals surface area (Å²) in [6, 6.07) is 53.8. The second kappa shape index (κ2) is 10.8. The molecule has 0 N–H and O–H groups in total. The largest absolute Gasteiger partial charge is 0.254 e. The van der Waals surface area contributed by atoms with Gasteiger partial charge in [0.05, 0.1) is 22.2 Å². The third-order valence-corrected chi connectivity index (χ3v) is 8.95. The zero-order chi connectivity index (χ0) is 30.5. The number of hydrogen-bond donors (Lipinski definition) is 0. The molecule has 0 atom stereocenters. The molecule has 0 saturated carbocycles. The lowest BCUT2D eigenvalue weighted by atomic mass is 9.93. The van der Waals surface area contributed by atoms with Crippen molar-refractivity contribution in [3.63, 3.8) is 0 Å². The van der Waals surface area contributed by atoms with Gasteiger partial charge in [0.25, 0.3) is 0 Å². The highest BCUT2D eigenvalue weighted by atomic mass is 14.7. The van der Waals surface area contributed by atoms with Gasteiger partial charge in [0.15, 0.2) is 0 Å². The van der Waals surface area contributed by atoms with E-state index in [1.807, 2.05) is 30.6 Å². The lowest BCUT2D eigenvalue weighted by molar-refractivity contribution is 1.37. The Morgan fingerprint density at radius 2 is 0.978 bits per heavy atom. The first-order valence-corrected chi connectivity index (χ1v) is 15.5. The summed E-state index contributed by atoms with van der Waals surface area (Å²) >= 11 is 0. The fraction of sp³-hybridized carbons (Fsp3) is 0. The zero-order valence-electron chi connectivity index (χ0n) is 24.9. The van der Waals surface area contributed by atoms with Crippen molar-refractivity contribution in [1.29, 1.82) is 0 Å². The molecule has 0 bridgehead atoms. The Bertz CT molecular complexity index is 2550. The van der Waals surface area contributed by atoms with Crippen molar-refractivity contribution in [2.24, 2.45) is 0 Å². The number of nitrogens with zero attached hydrogens (tertiary/aromatic N) is 3. The van der Waals surface area contributed by atoms with Crippen LogP contribution >= 0.6 is 0 Å². The fourth-order valence-corrected chi connectivity index (χ4v) is 6.69. The van der Waals surface area contributed by atoms with Gasteiger partial charge in [-0.1, -0.05) is 121 Å².